The lowest BCUT2D eigenvalue weighted by atomic mass is 9.92. The van der Waals surface area contributed by atoms with Gasteiger partial charge in [-0.3, -0.25) is 9.59 Å². The summed E-state index contributed by atoms with van der Waals surface area (Å²) in [6, 6.07) is 7.14. The topological polar surface area (TPSA) is 84.2 Å². The molecule has 2 N–H and O–H groups in total. The SMILES string of the molecule is CCCC(O)(CCC)CNC(=O)Cn1ncc2ccccc2c1=O. The Morgan fingerprint density at radius 2 is 1.92 bits per heavy atom. The van der Waals surface area contributed by atoms with Crippen molar-refractivity contribution in [1.29, 1.82) is 0 Å². The maximum Gasteiger partial charge on any atom is 0.275 e. The van der Waals surface area contributed by atoms with E-state index in [2.05, 4.69) is 10.4 Å². The molecule has 0 saturated heterocycles. The minimum absolute atomic E-state index is 0.155. The molecule has 1 heterocycles. The maximum atomic E-state index is 12.3. The number of aromatic nitrogens is 2. The van der Waals surface area contributed by atoms with Crippen LogP contribution in [0.5, 0.6) is 0 Å². The van der Waals surface area contributed by atoms with Crippen LogP contribution in [0.1, 0.15) is 39.5 Å². The van der Waals surface area contributed by atoms with Gasteiger partial charge in [0.2, 0.25) is 5.91 Å². The lowest BCUT2D eigenvalue weighted by Crippen LogP contribution is -2.44. The Labute approximate surface area is 141 Å². The quantitative estimate of drug-likeness (QED) is 0.773. The summed E-state index contributed by atoms with van der Waals surface area (Å²) in [5.41, 5.74) is -1.18. The highest BCUT2D eigenvalue weighted by atomic mass is 16.3. The molecule has 6 nitrogen and oxygen atoms in total. The van der Waals surface area contributed by atoms with Crippen LogP contribution in [-0.4, -0.2) is 32.9 Å². The van der Waals surface area contributed by atoms with Gasteiger partial charge < -0.3 is 10.4 Å². The van der Waals surface area contributed by atoms with Crippen LogP contribution in [0.25, 0.3) is 10.8 Å². The van der Waals surface area contributed by atoms with Crippen molar-refractivity contribution in [3.8, 4) is 0 Å². The summed E-state index contributed by atoms with van der Waals surface area (Å²) >= 11 is 0. The first kappa shape index (κ1) is 18.1. The van der Waals surface area contributed by atoms with E-state index in [9.17, 15) is 14.7 Å². The van der Waals surface area contributed by atoms with Gasteiger partial charge in [-0.15, -0.1) is 0 Å². The first-order valence-electron chi connectivity index (χ1n) is 8.43. The minimum Gasteiger partial charge on any atom is -0.388 e. The number of rotatable bonds is 8. The van der Waals surface area contributed by atoms with E-state index in [0.717, 1.165) is 22.9 Å². The fourth-order valence-corrected chi connectivity index (χ4v) is 2.93. The van der Waals surface area contributed by atoms with Gasteiger partial charge in [0.15, 0.2) is 0 Å². The van der Waals surface area contributed by atoms with Gasteiger partial charge in [-0.1, -0.05) is 44.9 Å². The lowest BCUT2D eigenvalue weighted by Gasteiger charge is -2.27. The Balaban J connectivity index is 2.05. The molecule has 0 radical (unpaired) electrons. The molecule has 6 heteroatoms. The van der Waals surface area contributed by atoms with Crippen molar-refractivity contribution in [1.82, 2.24) is 15.1 Å². The summed E-state index contributed by atoms with van der Waals surface area (Å²) in [5, 5.41) is 18.6. The van der Waals surface area contributed by atoms with Crippen LogP contribution in [0.4, 0.5) is 0 Å². The summed E-state index contributed by atoms with van der Waals surface area (Å²) in [4.78, 5) is 24.5. The predicted molar refractivity (Wildman–Crippen MR) is 93.8 cm³/mol. The monoisotopic (exact) mass is 331 g/mol. The number of aliphatic hydroxyl groups is 1. The van der Waals surface area contributed by atoms with Crippen LogP contribution in [0.15, 0.2) is 35.3 Å². The number of hydrogen-bond donors (Lipinski definition) is 2. The summed E-state index contributed by atoms with van der Waals surface area (Å²) in [5.74, 6) is -0.328. The zero-order chi connectivity index (χ0) is 17.6. The molecule has 2 aromatic rings. The Kier molecular flexibility index (Phi) is 6.09. The highest BCUT2D eigenvalue weighted by molar-refractivity contribution is 5.81. The van der Waals surface area contributed by atoms with Gasteiger partial charge in [-0.05, 0) is 18.9 Å². The first-order valence-corrected chi connectivity index (χ1v) is 8.43. The van der Waals surface area contributed by atoms with Gasteiger partial charge in [-0.25, -0.2) is 4.68 Å². The smallest absolute Gasteiger partial charge is 0.275 e. The van der Waals surface area contributed by atoms with E-state index in [-0.39, 0.29) is 24.6 Å². The van der Waals surface area contributed by atoms with Crippen molar-refractivity contribution in [2.45, 2.75) is 51.7 Å². The average Bonchev–Trinajstić information content (AvgIpc) is 2.56. The molecule has 2 rings (SSSR count). The average molecular weight is 331 g/mol. The Bertz CT molecular complexity index is 749. The van der Waals surface area contributed by atoms with Gasteiger partial charge in [0.25, 0.3) is 5.56 Å². The van der Waals surface area contributed by atoms with E-state index in [1.54, 1.807) is 18.3 Å². The van der Waals surface area contributed by atoms with Gasteiger partial charge in [0, 0.05) is 11.9 Å². The summed E-state index contributed by atoms with van der Waals surface area (Å²) < 4.78 is 1.15. The van der Waals surface area contributed by atoms with Crippen molar-refractivity contribution >= 4 is 16.7 Å². The number of benzene rings is 1. The van der Waals surface area contributed by atoms with Gasteiger partial charge in [0.05, 0.1) is 17.2 Å². The molecule has 1 aromatic carbocycles. The number of nitrogens with zero attached hydrogens (tertiary/aromatic N) is 2. The number of hydrogen-bond acceptors (Lipinski definition) is 4. The molecule has 0 fully saturated rings. The molecule has 0 aliphatic carbocycles. The van der Waals surface area contributed by atoms with E-state index in [1.807, 2.05) is 26.0 Å². The predicted octanol–water partition coefficient (Wildman–Crippen LogP) is 1.84. The van der Waals surface area contributed by atoms with Gasteiger partial charge in [0.1, 0.15) is 6.54 Å². The van der Waals surface area contributed by atoms with Crippen molar-refractivity contribution in [2.24, 2.45) is 0 Å². The molecule has 0 bridgehead atoms. The summed E-state index contributed by atoms with van der Waals surface area (Å²) in [6.07, 6.45) is 4.54. The second kappa shape index (κ2) is 8.06. The molecule has 0 spiro atoms. The fraction of sp³-hybridized carbons (Fsp3) is 0.500. The molecular formula is C18H25N3O3. The Morgan fingerprint density at radius 3 is 2.58 bits per heavy atom. The van der Waals surface area contributed by atoms with E-state index in [1.165, 1.54) is 0 Å². The third kappa shape index (κ3) is 4.41. The van der Waals surface area contributed by atoms with Crippen molar-refractivity contribution < 1.29 is 9.90 Å². The molecule has 0 aliphatic rings. The van der Waals surface area contributed by atoms with E-state index < -0.39 is 5.60 Å². The van der Waals surface area contributed by atoms with Gasteiger partial charge >= 0.3 is 0 Å². The molecule has 130 valence electrons. The normalized spacial score (nSPS) is 11.6. The number of fused-ring (bicyclic) bond motifs is 1. The zero-order valence-electron chi connectivity index (χ0n) is 14.3. The molecule has 0 aliphatic heterocycles. The van der Waals surface area contributed by atoms with E-state index in [4.69, 9.17) is 0 Å². The third-order valence-corrected chi connectivity index (χ3v) is 4.10. The molecular weight excluding hydrogens is 306 g/mol. The number of nitrogens with one attached hydrogen (secondary N) is 1. The number of amides is 1. The third-order valence-electron chi connectivity index (χ3n) is 4.10. The van der Waals surface area contributed by atoms with Crippen LogP contribution in [0.2, 0.25) is 0 Å². The van der Waals surface area contributed by atoms with Crippen LogP contribution in [0, 0.1) is 0 Å². The van der Waals surface area contributed by atoms with Crippen LogP contribution >= 0.6 is 0 Å². The second-order valence-corrected chi connectivity index (χ2v) is 6.20. The van der Waals surface area contributed by atoms with Gasteiger partial charge in [-0.2, -0.15) is 5.10 Å². The molecule has 24 heavy (non-hydrogen) atoms. The van der Waals surface area contributed by atoms with Crippen molar-refractivity contribution in [3.63, 3.8) is 0 Å². The first-order chi connectivity index (χ1) is 11.5. The number of carbonyl (C=O) groups excluding carboxylic acids is 1. The second-order valence-electron chi connectivity index (χ2n) is 6.20. The van der Waals surface area contributed by atoms with Crippen LogP contribution in [-0.2, 0) is 11.3 Å². The molecule has 1 aromatic heterocycles. The molecule has 0 unspecified atom stereocenters. The standard InChI is InChI=1S/C18H25N3O3/c1-3-9-18(24,10-4-2)13-19-16(22)12-21-17(23)15-8-6-5-7-14(15)11-20-21/h5-8,11,24H,3-4,9-10,12-13H2,1-2H3,(H,19,22). The largest absolute Gasteiger partial charge is 0.388 e. The zero-order valence-corrected chi connectivity index (χ0v) is 14.3. The van der Waals surface area contributed by atoms with Crippen molar-refractivity contribution in [2.75, 3.05) is 6.54 Å². The van der Waals surface area contributed by atoms with E-state index >= 15 is 0 Å². The maximum absolute atomic E-state index is 12.3. The highest BCUT2D eigenvalue weighted by Crippen LogP contribution is 2.18. The van der Waals surface area contributed by atoms with Crippen LogP contribution in [0.3, 0.4) is 0 Å². The fourth-order valence-electron chi connectivity index (χ4n) is 2.93. The van der Waals surface area contributed by atoms with E-state index in [0.29, 0.717) is 18.2 Å². The molecule has 0 saturated carbocycles. The molecule has 1 amide bonds. The van der Waals surface area contributed by atoms with Crippen LogP contribution < -0.4 is 10.9 Å². The molecule has 0 atom stereocenters. The Hall–Kier alpha value is -2.21. The summed E-state index contributed by atoms with van der Waals surface area (Å²) in [7, 11) is 0. The highest BCUT2D eigenvalue weighted by Gasteiger charge is 2.25. The Morgan fingerprint density at radius 1 is 1.25 bits per heavy atom. The minimum atomic E-state index is -0.888. The van der Waals surface area contributed by atoms with Crippen molar-refractivity contribution in [3.05, 3.63) is 40.8 Å². The number of carbonyl (C=O) groups is 1. The summed E-state index contributed by atoms with van der Waals surface area (Å²) in [6.45, 7) is 4.04. The lowest BCUT2D eigenvalue weighted by molar-refractivity contribution is -0.123.